The van der Waals surface area contributed by atoms with E-state index in [1.807, 2.05) is 18.0 Å². The molecule has 0 aliphatic carbocycles. The standard InChI is InChI=1S/C17H22N2O3S2/c1-19(15-6-9-24(21,22)12-15)7-4-17(20)18-11-13-2-3-16-14(10-13)5-8-23-16/h2-3,5,8,10,15H,4,6-7,9,11-12H2,1H3,(H,18,20)/t15-/m0/s1. The van der Waals surface area contributed by atoms with Gasteiger partial charge in [0.15, 0.2) is 9.84 Å². The lowest BCUT2D eigenvalue weighted by Gasteiger charge is -2.22. The van der Waals surface area contributed by atoms with Gasteiger partial charge in [0.25, 0.3) is 0 Å². The molecular formula is C17H22N2O3S2. The molecule has 0 bridgehead atoms. The first-order valence-corrected chi connectivity index (χ1v) is 10.8. The van der Waals surface area contributed by atoms with Gasteiger partial charge >= 0.3 is 0 Å². The molecule has 0 unspecified atom stereocenters. The van der Waals surface area contributed by atoms with Gasteiger partial charge in [0.2, 0.25) is 5.91 Å². The second kappa shape index (κ2) is 7.21. The van der Waals surface area contributed by atoms with Crippen molar-refractivity contribution in [2.45, 2.75) is 25.4 Å². The molecule has 24 heavy (non-hydrogen) atoms. The van der Waals surface area contributed by atoms with Gasteiger partial charge in [0.1, 0.15) is 0 Å². The van der Waals surface area contributed by atoms with Crippen LogP contribution in [0.5, 0.6) is 0 Å². The summed E-state index contributed by atoms with van der Waals surface area (Å²) in [6.45, 7) is 1.10. The van der Waals surface area contributed by atoms with E-state index in [2.05, 4.69) is 28.9 Å². The van der Waals surface area contributed by atoms with Crippen LogP contribution in [0.4, 0.5) is 0 Å². The Hall–Kier alpha value is -1.44. The summed E-state index contributed by atoms with van der Waals surface area (Å²) in [5, 5.41) is 6.20. The first-order chi connectivity index (χ1) is 11.4. The van der Waals surface area contributed by atoms with E-state index in [9.17, 15) is 13.2 Å². The van der Waals surface area contributed by atoms with Gasteiger partial charge in [-0.15, -0.1) is 11.3 Å². The average Bonchev–Trinajstić information content (AvgIpc) is 3.15. The Labute approximate surface area is 146 Å². The van der Waals surface area contributed by atoms with Gasteiger partial charge < -0.3 is 10.2 Å². The molecule has 7 heteroatoms. The summed E-state index contributed by atoms with van der Waals surface area (Å²) in [5.41, 5.74) is 1.09. The van der Waals surface area contributed by atoms with Crippen LogP contribution in [-0.2, 0) is 21.2 Å². The molecule has 1 saturated heterocycles. The van der Waals surface area contributed by atoms with Crippen LogP contribution in [0.25, 0.3) is 10.1 Å². The highest BCUT2D eigenvalue weighted by atomic mass is 32.2. The van der Waals surface area contributed by atoms with Gasteiger partial charge in [-0.1, -0.05) is 6.07 Å². The Bertz CT molecular complexity index is 829. The van der Waals surface area contributed by atoms with Crippen molar-refractivity contribution in [2.75, 3.05) is 25.1 Å². The van der Waals surface area contributed by atoms with Crippen LogP contribution in [0.3, 0.4) is 0 Å². The lowest BCUT2D eigenvalue weighted by atomic mass is 10.1. The van der Waals surface area contributed by atoms with E-state index in [1.165, 1.54) is 10.1 Å². The summed E-state index contributed by atoms with van der Waals surface area (Å²) < 4.78 is 24.3. The first kappa shape index (κ1) is 17.4. The molecule has 1 amide bonds. The maximum Gasteiger partial charge on any atom is 0.221 e. The number of sulfone groups is 1. The largest absolute Gasteiger partial charge is 0.352 e. The van der Waals surface area contributed by atoms with E-state index in [1.54, 1.807) is 11.3 Å². The molecule has 5 nitrogen and oxygen atoms in total. The fraction of sp³-hybridized carbons (Fsp3) is 0.471. The lowest BCUT2D eigenvalue weighted by molar-refractivity contribution is -0.121. The van der Waals surface area contributed by atoms with E-state index in [-0.39, 0.29) is 23.5 Å². The highest BCUT2D eigenvalue weighted by molar-refractivity contribution is 7.91. The summed E-state index contributed by atoms with van der Waals surface area (Å²) in [6.07, 6.45) is 1.05. The molecule has 0 radical (unpaired) electrons. The third kappa shape index (κ3) is 4.34. The topological polar surface area (TPSA) is 66.5 Å². The molecule has 1 aromatic heterocycles. The quantitative estimate of drug-likeness (QED) is 0.849. The minimum atomic E-state index is -2.88. The van der Waals surface area contributed by atoms with E-state index in [4.69, 9.17) is 0 Å². The van der Waals surface area contributed by atoms with Gasteiger partial charge in [-0.2, -0.15) is 0 Å². The number of hydrogen-bond acceptors (Lipinski definition) is 5. The monoisotopic (exact) mass is 366 g/mol. The lowest BCUT2D eigenvalue weighted by Crippen LogP contribution is -2.36. The van der Waals surface area contributed by atoms with Crippen LogP contribution in [-0.4, -0.2) is 50.4 Å². The van der Waals surface area contributed by atoms with E-state index in [0.29, 0.717) is 25.9 Å². The highest BCUT2D eigenvalue weighted by Gasteiger charge is 2.30. The molecule has 1 aliphatic rings. The second-order valence-corrected chi connectivity index (χ2v) is 9.53. The number of amides is 1. The van der Waals surface area contributed by atoms with Crippen molar-refractivity contribution in [1.82, 2.24) is 10.2 Å². The van der Waals surface area contributed by atoms with E-state index >= 15 is 0 Å². The molecule has 0 spiro atoms. The summed E-state index contributed by atoms with van der Waals surface area (Å²) in [6, 6.07) is 8.34. The van der Waals surface area contributed by atoms with Crippen molar-refractivity contribution >= 4 is 37.2 Å². The van der Waals surface area contributed by atoms with Crippen LogP contribution in [0.15, 0.2) is 29.6 Å². The average molecular weight is 367 g/mol. The van der Waals surface area contributed by atoms with Crippen molar-refractivity contribution in [3.63, 3.8) is 0 Å². The van der Waals surface area contributed by atoms with Gasteiger partial charge in [-0.05, 0) is 48.0 Å². The number of fused-ring (bicyclic) bond motifs is 1. The number of rotatable bonds is 6. The van der Waals surface area contributed by atoms with Gasteiger partial charge in [0.05, 0.1) is 11.5 Å². The van der Waals surface area contributed by atoms with Crippen LogP contribution >= 0.6 is 11.3 Å². The summed E-state index contributed by atoms with van der Waals surface area (Å²) >= 11 is 1.71. The van der Waals surface area contributed by atoms with Crippen LogP contribution in [0.1, 0.15) is 18.4 Å². The third-order valence-electron chi connectivity index (χ3n) is 4.53. The molecule has 1 atom stereocenters. The fourth-order valence-corrected chi connectivity index (χ4v) is 5.57. The second-order valence-electron chi connectivity index (χ2n) is 6.36. The van der Waals surface area contributed by atoms with Gasteiger partial charge in [0, 0.05) is 30.3 Å². The highest BCUT2D eigenvalue weighted by Crippen LogP contribution is 2.21. The number of nitrogens with one attached hydrogen (secondary N) is 1. The van der Waals surface area contributed by atoms with E-state index < -0.39 is 9.84 Å². The first-order valence-electron chi connectivity index (χ1n) is 8.06. The number of carbonyl (C=O) groups excluding carboxylic acids is 1. The molecular weight excluding hydrogens is 344 g/mol. The van der Waals surface area contributed by atoms with Crippen molar-refractivity contribution in [3.8, 4) is 0 Å². The number of hydrogen-bond donors (Lipinski definition) is 1. The SMILES string of the molecule is CN(CCC(=O)NCc1ccc2sccc2c1)[C@H]1CCS(=O)(=O)C1. The Morgan fingerprint density at radius 3 is 2.96 bits per heavy atom. The maximum atomic E-state index is 12.0. The molecule has 2 heterocycles. The predicted octanol–water partition coefficient (Wildman–Crippen LogP) is 2.03. The van der Waals surface area contributed by atoms with Gasteiger partial charge in [-0.25, -0.2) is 8.42 Å². The molecule has 1 aromatic carbocycles. The zero-order chi connectivity index (χ0) is 17.2. The van der Waals surface area contributed by atoms with Crippen molar-refractivity contribution < 1.29 is 13.2 Å². The Morgan fingerprint density at radius 1 is 1.38 bits per heavy atom. The van der Waals surface area contributed by atoms with Crippen LogP contribution in [0, 0.1) is 0 Å². The summed E-state index contributed by atoms with van der Waals surface area (Å²) in [7, 11) is -0.988. The molecule has 1 aliphatic heterocycles. The smallest absolute Gasteiger partial charge is 0.221 e. The number of benzene rings is 1. The van der Waals surface area contributed by atoms with Crippen molar-refractivity contribution in [3.05, 3.63) is 35.2 Å². The third-order valence-corrected chi connectivity index (χ3v) is 7.18. The van der Waals surface area contributed by atoms with Crippen molar-refractivity contribution in [2.24, 2.45) is 0 Å². The zero-order valence-corrected chi connectivity index (χ0v) is 15.3. The Balaban J connectivity index is 1.44. The number of nitrogens with zero attached hydrogens (tertiary/aromatic N) is 1. The van der Waals surface area contributed by atoms with E-state index in [0.717, 1.165) is 5.56 Å². The molecule has 1 fully saturated rings. The summed E-state index contributed by atoms with van der Waals surface area (Å²) in [4.78, 5) is 14.0. The van der Waals surface area contributed by atoms with Gasteiger partial charge in [-0.3, -0.25) is 4.79 Å². The Kier molecular flexibility index (Phi) is 5.22. The number of thiophene rings is 1. The van der Waals surface area contributed by atoms with Crippen molar-refractivity contribution in [1.29, 1.82) is 0 Å². The fourth-order valence-electron chi connectivity index (χ4n) is 3.00. The molecule has 130 valence electrons. The molecule has 1 N–H and O–H groups in total. The molecule has 3 rings (SSSR count). The minimum absolute atomic E-state index is 0.00637. The maximum absolute atomic E-state index is 12.0. The van der Waals surface area contributed by atoms with Crippen LogP contribution < -0.4 is 5.32 Å². The number of carbonyl (C=O) groups is 1. The predicted molar refractivity (Wildman–Crippen MR) is 98.0 cm³/mol. The minimum Gasteiger partial charge on any atom is -0.352 e. The molecule has 2 aromatic rings. The van der Waals surface area contributed by atoms with Crippen LogP contribution in [0.2, 0.25) is 0 Å². The normalized spacial score (nSPS) is 19.8. The Morgan fingerprint density at radius 2 is 2.21 bits per heavy atom. The molecule has 0 saturated carbocycles. The summed E-state index contributed by atoms with van der Waals surface area (Å²) in [5.74, 6) is 0.471. The zero-order valence-electron chi connectivity index (χ0n) is 13.7.